The second-order valence-electron chi connectivity index (χ2n) is 3.53. The van der Waals surface area contributed by atoms with E-state index < -0.39 is 11.7 Å². The van der Waals surface area contributed by atoms with Crippen LogP contribution in [0.2, 0.25) is 5.02 Å². The van der Waals surface area contributed by atoms with Crippen LogP contribution in [0.15, 0.2) is 16.6 Å². The van der Waals surface area contributed by atoms with Crippen LogP contribution in [0.25, 0.3) is 5.69 Å². The van der Waals surface area contributed by atoms with Crippen LogP contribution in [0.4, 0.5) is 25.1 Å². The highest BCUT2D eigenvalue weighted by Crippen LogP contribution is 2.40. The van der Waals surface area contributed by atoms with Crippen LogP contribution in [0.1, 0.15) is 5.56 Å². The SMILES string of the molecule is Nc1nc(N)n(-c2cc(Cl)c(Br)c(C(F)(F)F)c2)n1. The summed E-state index contributed by atoms with van der Waals surface area (Å²) in [7, 11) is 0. The molecule has 0 saturated heterocycles. The zero-order valence-electron chi connectivity index (χ0n) is 9.04. The highest BCUT2D eigenvalue weighted by molar-refractivity contribution is 9.10. The lowest BCUT2D eigenvalue weighted by atomic mass is 10.2. The van der Waals surface area contributed by atoms with Crippen molar-refractivity contribution in [2.75, 3.05) is 11.5 Å². The number of halogens is 5. The number of hydrogen-bond donors (Lipinski definition) is 2. The summed E-state index contributed by atoms with van der Waals surface area (Å²) in [6.45, 7) is 0. The third-order valence-corrected chi connectivity index (χ3v) is 3.59. The highest BCUT2D eigenvalue weighted by Gasteiger charge is 2.34. The fourth-order valence-corrected chi connectivity index (χ4v) is 2.10. The summed E-state index contributed by atoms with van der Waals surface area (Å²) in [5, 5.41) is 3.56. The van der Waals surface area contributed by atoms with E-state index in [9.17, 15) is 13.2 Å². The fraction of sp³-hybridized carbons (Fsp3) is 0.111. The van der Waals surface area contributed by atoms with Gasteiger partial charge in [0.05, 0.1) is 16.3 Å². The Hall–Kier alpha value is -1.48. The van der Waals surface area contributed by atoms with E-state index in [1.807, 2.05) is 0 Å². The number of benzene rings is 1. The molecule has 1 heterocycles. The van der Waals surface area contributed by atoms with Gasteiger partial charge in [0.1, 0.15) is 0 Å². The van der Waals surface area contributed by atoms with Gasteiger partial charge < -0.3 is 11.5 Å². The number of rotatable bonds is 1. The van der Waals surface area contributed by atoms with Gasteiger partial charge in [0.2, 0.25) is 11.9 Å². The molecule has 1 aromatic heterocycles. The van der Waals surface area contributed by atoms with Crippen LogP contribution in [0.3, 0.4) is 0 Å². The van der Waals surface area contributed by atoms with Crippen molar-refractivity contribution in [1.82, 2.24) is 14.8 Å². The van der Waals surface area contributed by atoms with Crippen LogP contribution in [0, 0.1) is 0 Å². The number of hydrogen-bond acceptors (Lipinski definition) is 4. The Morgan fingerprint density at radius 3 is 2.37 bits per heavy atom. The number of nitrogens with two attached hydrogens (primary N) is 2. The van der Waals surface area contributed by atoms with Gasteiger partial charge in [-0.3, -0.25) is 0 Å². The minimum absolute atomic E-state index is 0.0159. The highest BCUT2D eigenvalue weighted by atomic mass is 79.9. The average Bonchev–Trinajstić information content (AvgIpc) is 2.60. The van der Waals surface area contributed by atoms with Gasteiger partial charge in [-0.1, -0.05) is 11.6 Å². The topological polar surface area (TPSA) is 82.7 Å². The van der Waals surface area contributed by atoms with Gasteiger partial charge in [-0.05, 0) is 28.1 Å². The van der Waals surface area contributed by atoms with Crippen LogP contribution in [0.5, 0.6) is 0 Å². The monoisotopic (exact) mass is 355 g/mol. The number of aromatic nitrogens is 3. The second kappa shape index (κ2) is 4.57. The summed E-state index contributed by atoms with van der Waals surface area (Å²) in [6, 6.07) is 2.12. The molecule has 0 saturated carbocycles. The van der Waals surface area contributed by atoms with Crippen molar-refractivity contribution in [3.05, 3.63) is 27.2 Å². The van der Waals surface area contributed by atoms with E-state index in [1.54, 1.807) is 0 Å². The largest absolute Gasteiger partial charge is 0.417 e. The maximum atomic E-state index is 12.8. The third-order valence-electron chi connectivity index (χ3n) is 2.21. The van der Waals surface area contributed by atoms with Crippen molar-refractivity contribution in [2.24, 2.45) is 0 Å². The molecule has 0 radical (unpaired) electrons. The van der Waals surface area contributed by atoms with Crippen molar-refractivity contribution in [1.29, 1.82) is 0 Å². The molecule has 1 aromatic carbocycles. The Morgan fingerprint density at radius 1 is 1.26 bits per heavy atom. The summed E-state index contributed by atoms with van der Waals surface area (Å²) in [5.41, 5.74) is 9.89. The standard InChI is InChI=1S/C9H6BrClF3N5/c10-6-4(9(12,13)14)1-3(2-5(6)11)19-8(16)17-7(15)18-19/h1-2H,(H4,15,16,17,18). The first-order chi connectivity index (χ1) is 8.70. The van der Waals surface area contributed by atoms with E-state index in [4.69, 9.17) is 23.1 Å². The lowest BCUT2D eigenvalue weighted by molar-refractivity contribution is -0.138. The van der Waals surface area contributed by atoms with Gasteiger partial charge in [0.25, 0.3) is 0 Å². The van der Waals surface area contributed by atoms with Crippen molar-refractivity contribution in [2.45, 2.75) is 6.18 Å². The van der Waals surface area contributed by atoms with E-state index in [0.29, 0.717) is 0 Å². The lowest BCUT2D eigenvalue weighted by Crippen LogP contribution is -2.09. The predicted octanol–water partition coefficient (Wildman–Crippen LogP) is 2.87. The molecular formula is C9H6BrClF3N5. The molecule has 102 valence electrons. The van der Waals surface area contributed by atoms with Crippen LogP contribution in [-0.4, -0.2) is 14.8 Å². The van der Waals surface area contributed by atoms with Crippen LogP contribution < -0.4 is 11.5 Å². The second-order valence-corrected chi connectivity index (χ2v) is 4.73. The molecule has 0 aliphatic rings. The van der Waals surface area contributed by atoms with Gasteiger partial charge in [-0.15, -0.1) is 5.10 Å². The molecule has 0 unspecified atom stereocenters. The Morgan fingerprint density at radius 2 is 1.89 bits per heavy atom. The molecule has 0 amide bonds. The molecule has 0 spiro atoms. The summed E-state index contributed by atoms with van der Waals surface area (Å²) in [6.07, 6.45) is -4.57. The van der Waals surface area contributed by atoms with Crippen LogP contribution >= 0.6 is 27.5 Å². The molecule has 2 rings (SSSR count). The Balaban J connectivity index is 2.67. The Kier molecular flexibility index (Phi) is 3.35. The number of anilines is 2. The lowest BCUT2D eigenvalue weighted by Gasteiger charge is -2.13. The summed E-state index contributed by atoms with van der Waals surface area (Å²) in [5.74, 6) is -0.283. The van der Waals surface area contributed by atoms with Gasteiger partial charge in [0, 0.05) is 4.47 Å². The molecule has 4 N–H and O–H groups in total. The first-order valence-electron chi connectivity index (χ1n) is 4.74. The molecule has 0 atom stereocenters. The molecule has 0 aliphatic carbocycles. The number of alkyl halides is 3. The quantitative estimate of drug-likeness (QED) is 0.823. The van der Waals surface area contributed by atoms with Gasteiger partial charge in [-0.2, -0.15) is 22.8 Å². The van der Waals surface area contributed by atoms with Gasteiger partial charge in [-0.25, -0.2) is 0 Å². The average molecular weight is 357 g/mol. The number of nitrogens with zero attached hydrogens (tertiary/aromatic N) is 3. The normalized spacial score (nSPS) is 11.8. The van der Waals surface area contributed by atoms with Crippen molar-refractivity contribution >= 4 is 39.4 Å². The number of nitrogen functional groups attached to an aromatic ring is 2. The Labute approximate surface area is 118 Å². The molecule has 0 bridgehead atoms. The fourth-order valence-electron chi connectivity index (χ4n) is 1.43. The summed E-state index contributed by atoms with van der Waals surface area (Å²) in [4.78, 5) is 3.60. The zero-order valence-corrected chi connectivity index (χ0v) is 11.4. The minimum Gasteiger partial charge on any atom is -0.368 e. The molecule has 2 aromatic rings. The molecular weight excluding hydrogens is 350 g/mol. The summed E-state index contributed by atoms with van der Waals surface area (Å²) >= 11 is 8.55. The van der Waals surface area contributed by atoms with E-state index in [1.165, 1.54) is 6.07 Å². The third kappa shape index (κ3) is 2.61. The van der Waals surface area contributed by atoms with Crippen molar-refractivity contribution < 1.29 is 13.2 Å². The molecule has 0 fully saturated rings. The van der Waals surface area contributed by atoms with Crippen molar-refractivity contribution in [3.63, 3.8) is 0 Å². The first-order valence-corrected chi connectivity index (χ1v) is 5.92. The van der Waals surface area contributed by atoms with E-state index in [0.717, 1.165) is 10.7 Å². The zero-order chi connectivity index (χ0) is 14.4. The molecule has 10 heteroatoms. The van der Waals surface area contributed by atoms with Gasteiger partial charge >= 0.3 is 6.18 Å². The first kappa shape index (κ1) is 13.9. The molecule has 5 nitrogen and oxygen atoms in total. The molecule has 0 aliphatic heterocycles. The predicted molar refractivity (Wildman–Crippen MR) is 67.9 cm³/mol. The smallest absolute Gasteiger partial charge is 0.368 e. The van der Waals surface area contributed by atoms with Crippen molar-refractivity contribution in [3.8, 4) is 5.69 Å². The maximum absolute atomic E-state index is 12.8. The summed E-state index contributed by atoms with van der Waals surface area (Å²) < 4.78 is 39.2. The van der Waals surface area contributed by atoms with E-state index in [-0.39, 0.29) is 27.1 Å². The maximum Gasteiger partial charge on any atom is 0.417 e. The Bertz CT molecular complexity index is 640. The molecule has 19 heavy (non-hydrogen) atoms. The minimum atomic E-state index is -4.57. The van der Waals surface area contributed by atoms with Gasteiger partial charge in [0.15, 0.2) is 0 Å². The van der Waals surface area contributed by atoms with E-state index >= 15 is 0 Å². The van der Waals surface area contributed by atoms with Crippen LogP contribution in [-0.2, 0) is 6.18 Å². The van der Waals surface area contributed by atoms with E-state index in [2.05, 4.69) is 26.0 Å².